The lowest BCUT2D eigenvalue weighted by Gasteiger charge is -2.32. The van der Waals surface area contributed by atoms with E-state index < -0.39 is 0 Å². The molecule has 1 aromatic heterocycles. The van der Waals surface area contributed by atoms with Crippen molar-refractivity contribution in [1.29, 1.82) is 0 Å². The van der Waals surface area contributed by atoms with Gasteiger partial charge in [-0.2, -0.15) is 4.37 Å². The Morgan fingerprint density at radius 1 is 1.05 bits per heavy atom. The first-order valence-corrected chi connectivity index (χ1v) is 15.5. The van der Waals surface area contributed by atoms with Crippen LogP contribution in [-0.2, 0) is 11.2 Å². The predicted molar refractivity (Wildman–Crippen MR) is 162 cm³/mol. The van der Waals surface area contributed by atoms with E-state index in [1.807, 2.05) is 30.3 Å². The van der Waals surface area contributed by atoms with Gasteiger partial charge in [0.15, 0.2) is 0 Å². The highest BCUT2D eigenvalue weighted by atomic mass is 35.5. The highest BCUT2D eigenvalue weighted by Crippen LogP contribution is 2.36. The van der Waals surface area contributed by atoms with Crippen molar-refractivity contribution in [2.45, 2.75) is 70.6 Å². The Bertz CT molecular complexity index is 1280. The van der Waals surface area contributed by atoms with E-state index in [0.29, 0.717) is 16.9 Å². The van der Waals surface area contributed by atoms with Crippen LogP contribution in [0.15, 0.2) is 66.3 Å². The summed E-state index contributed by atoms with van der Waals surface area (Å²) in [5, 5.41) is 5.21. The monoisotopic (exact) mass is 546 g/mol. The Kier molecular flexibility index (Phi) is 9.70. The number of rotatable bonds is 9. The number of halogens is 1. The van der Waals surface area contributed by atoms with E-state index in [2.05, 4.69) is 35.7 Å². The fourth-order valence-corrected chi connectivity index (χ4v) is 7.33. The fourth-order valence-electron chi connectivity index (χ4n) is 6.33. The Labute approximate surface area is 236 Å². The van der Waals surface area contributed by atoms with Gasteiger partial charge in [-0.05, 0) is 110 Å². The van der Waals surface area contributed by atoms with E-state index in [0.717, 1.165) is 24.4 Å². The molecule has 2 aliphatic rings. The minimum Gasteiger partial charge on any atom is -0.352 e. The van der Waals surface area contributed by atoms with Gasteiger partial charge in [-0.3, -0.25) is 4.79 Å². The summed E-state index contributed by atoms with van der Waals surface area (Å²) < 4.78 is 6.10. The third kappa shape index (κ3) is 7.57. The second-order valence-electron chi connectivity index (χ2n) is 11.2. The number of carbonyl (C=O) groups is 1. The molecule has 1 fully saturated rings. The Balaban J connectivity index is 1.07. The highest BCUT2D eigenvalue weighted by Gasteiger charge is 2.26. The molecule has 1 saturated carbocycles. The largest absolute Gasteiger partial charge is 0.352 e. The quantitative estimate of drug-likeness (QED) is 0.215. The summed E-state index contributed by atoms with van der Waals surface area (Å²) >= 11 is 7.69. The average Bonchev–Trinajstić information content (AvgIpc) is 3.20. The lowest BCUT2D eigenvalue weighted by Crippen LogP contribution is -2.33. The Hall–Kier alpha value is -2.43. The molecule has 3 nitrogen and oxygen atoms in total. The van der Waals surface area contributed by atoms with Crippen LogP contribution in [0.2, 0.25) is 5.02 Å². The number of amides is 1. The molecule has 0 radical (unpaired) electrons. The number of hydrogen-bond acceptors (Lipinski definition) is 3. The van der Waals surface area contributed by atoms with Crippen LogP contribution in [0.25, 0.3) is 16.2 Å². The molecule has 3 atom stereocenters. The molecule has 200 valence electrons. The van der Waals surface area contributed by atoms with Gasteiger partial charge in [-0.1, -0.05) is 72.8 Å². The van der Waals surface area contributed by atoms with E-state index in [1.165, 1.54) is 80.0 Å². The summed E-state index contributed by atoms with van der Waals surface area (Å²) in [5.74, 6) is 2.01. The third-order valence-electron chi connectivity index (χ3n) is 8.53. The molecule has 1 heterocycles. The number of carbonyl (C=O) groups excluding carboxylic acids is 1. The van der Waals surface area contributed by atoms with Crippen LogP contribution in [0, 0.1) is 17.8 Å². The van der Waals surface area contributed by atoms with Gasteiger partial charge in [0.2, 0.25) is 5.91 Å². The number of allylic oxidation sites excluding steroid dienone is 2. The molecule has 0 aliphatic heterocycles. The van der Waals surface area contributed by atoms with Gasteiger partial charge in [0.25, 0.3) is 0 Å². The average molecular weight is 547 g/mol. The zero-order chi connectivity index (χ0) is 26.2. The molecule has 2 aromatic carbocycles. The van der Waals surface area contributed by atoms with Gasteiger partial charge >= 0.3 is 0 Å². The first-order valence-electron chi connectivity index (χ1n) is 14.4. The van der Waals surface area contributed by atoms with Gasteiger partial charge < -0.3 is 5.32 Å². The molecule has 1 N–H and O–H groups in total. The van der Waals surface area contributed by atoms with Crippen molar-refractivity contribution in [3.63, 3.8) is 0 Å². The van der Waals surface area contributed by atoms with Crippen molar-refractivity contribution in [2.75, 3.05) is 6.54 Å². The van der Waals surface area contributed by atoms with E-state index in [-0.39, 0.29) is 5.91 Å². The van der Waals surface area contributed by atoms with Gasteiger partial charge in [0.1, 0.15) is 0 Å². The van der Waals surface area contributed by atoms with E-state index in [1.54, 1.807) is 23.2 Å². The smallest absolute Gasteiger partial charge is 0.244 e. The van der Waals surface area contributed by atoms with Crippen molar-refractivity contribution in [3.05, 3.63) is 82.5 Å². The van der Waals surface area contributed by atoms with Crippen LogP contribution >= 0.6 is 23.1 Å². The van der Waals surface area contributed by atoms with E-state index in [4.69, 9.17) is 16.0 Å². The lowest BCUT2D eigenvalue weighted by atomic mass is 9.76. The molecular weight excluding hydrogens is 508 g/mol. The topological polar surface area (TPSA) is 42.0 Å². The zero-order valence-electron chi connectivity index (χ0n) is 22.2. The number of fused-ring (bicyclic) bond motifs is 1. The summed E-state index contributed by atoms with van der Waals surface area (Å²) in [6.07, 6.45) is 19.7. The molecular formula is C33H39ClN2OS. The Morgan fingerprint density at radius 3 is 2.82 bits per heavy atom. The predicted octanol–water partition coefficient (Wildman–Crippen LogP) is 9.03. The number of nitrogens with zero attached hydrogens (tertiary/aromatic N) is 1. The Morgan fingerprint density at radius 2 is 1.92 bits per heavy atom. The molecule has 3 aromatic rings. The van der Waals surface area contributed by atoms with Crippen LogP contribution in [0.5, 0.6) is 0 Å². The third-order valence-corrected chi connectivity index (χ3v) is 9.63. The first-order chi connectivity index (χ1) is 18.6. The minimum atomic E-state index is -0.0142. The molecule has 0 spiro atoms. The lowest BCUT2D eigenvalue weighted by molar-refractivity contribution is -0.116. The van der Waals surface area contributed by atoms with Crippen LogP contribution in [0.4, 0.5) is 0 Å². The zero-order valence-corrected chi connectivity index (χ0v) is 23.8. The van der Waals surface area contributed by atoms with Crippen LogP contribution in [0.1, 0.15) is 75.5 Å². The van der Waals surface area contributed by atoms with Crippen molar-refractivity contribution in [1.82, 2.24) is 9.69 Å². The summed E-state index contributed by atoms with van der Waals surface area (Å²) in [5.41, 5.74) is 3.91. The highest BCUT2D eigenvalue weighted by molar-refractivity contribution is 7.13. The second-order valence-corrected chi connectivity index (χ2v) is 12.4. The normalized spacial score (nSPS) is 22.3. The number of nitrogens with one attached hydrogen (secondary N) is 1. The number of hydrogen-bond donors (Lipinski definition) is 1. The molecule has 2 aliphatic carbocycles. The summed E-state index contributed by atoms with van der Waals surface area (Å²) in [4.78, 5) is 12.5. The standard InChI is InChI=1S/C33H39ClN2OS/c34-29-12-6-9-25(21-29)18-20-33(37)35-23-28-11-2-1-10-27(28)19-17-24-7-5-8-26(16-15-24)22-31-30-13-3-4-14-32(30)38-36-31/h3-4,6-7,9,12-14,18,20-21,26-28H,1-2,5,8,10-11,15-17,19,22-23H2,(H,35,37). The van der Waals surface area contributed by atoms with Crippen molar-refractivity contribution in [3.8, 4) is 0 Å². The maximum Gasteiger partial charge on any atom is 0.244 e. The molecule has 0 saturated heterocycles. The first kappa shape index (κ1) is 27.1. The maximum absolute atomic E-state index is 12.5. The molecule has 3 unspecified atom stereocenters. The second kappa shape index (κ2) is 13.6. The van der Waals surface area contributed by atoms with Crippen LogP contribution < -0.4 is 5.32 Å². The minimum absolute atomic E-state index is 0.0142. The van der Waals surface area contributed by atoms with Crippen molar-refractivity contribution < 1.29 is 4.79 Å². The van der Waals surface area contributed by atoms with Gasteiger partial charge in [-0.15, -0.1) is 0 Å². The maximum atomic E-state index is 12.5. The SMILES string of the molecule is O=C(C=Cc1cccc(Cl)c1)NCC1CCCCC1CCC1=CCCC(Cc2nsc3ccccc23)CC1. The summed E-state index contributed by atoms with van der Waals surface area (Å²) in [6.45, 7) is 0.784. The van der Waals surface area contributed by atoms with Crippen molar-refractivity contribution >= 4 is 45.2 Å². The molecule has 5 heteroatoms. The van der Waals surface area contributed by atoms with Crippen LogP contribution in [0.3, 0.4) is 0 Å². The molecule has 1 amide bonds. The number of aromatic nitrogens is 1. The summed E-state index contributed by atoms with van der Waals surface area (Å²) in [6, 6.07) is 16.2. The molecule has 38 heavy (non-hydrogen) atoms. The van der Waals surface area contributed by atoms with E-state index >= 15 is 0 Å². The summed E-state index contributed by atoms with van der Waals surface area (Å²) in [7, 11) is 0. The van der Waals surface area contributed by atoms with E-state index in [9.17, 15) is 4.79 Å². The number of benzene rings is 2. The fraction of sp³-hybridized carbons (Fsp3) is 0.455. The van der Waals surface area contributed by atoms with Gasteiger partial charge in [0.05, 0.1) is 10.4 Å². The van der Waals surface area contributed by atoms with Crippen molar-refractivity contribution in [2.24, 2.45) is 17.8 Å². The molecule has 5 rings (SSSR count). The molecule has 0 bridgehead atoms. The van der Waals surface area contributed by atoms with Crippen LogP contribution in [-0.4, -0.2) is 16.8 Å². The van der Waals surface area contributed by atoms with Gasteiger partial charge in [0, 0.05) is 23.0 Å². The van der Waals surface area contributed by atoms with Gasteiger partial charge in [-0.25, -0.2) is 0 Å².